The summed E-state index contributed by atoms with van der Waals surface area (Å²) in [6.45, 7) is 3.24. The number of nitrogens with one attached hydrogen (secondary N) is 1. The highest BCUT2D eigenvalue weighted by atomic mass is 15.2. The summed E-state index contributed by atoms with van der Waals surface area (Å²) < 4.78 is 0. The van der Waals surface area contributed by atoms with Crippen LogP contribution in [0.4, 0.5) is 11.6 Å². The van der Waals surface area contributed by atoms with Gasteiger partial charge in [-0.15, -0.1) is 0 Å². The van der Waals surface area contributed by atoms with Crippen molar-refractivity contribution < 1.29 is 0 Å². The number of hydrogen-bond acceptors (Lipinski definition) is 4. The Hall–Kier alpha value is -1.32. The molecule has 0 atom stereocenters. The quantitative estimate of drug-likeness (QED) is 0.846. The minimum absolute atomic E-state index is 0.611. The van der Waals surface area contributed by atoms with Crippen molar-refractivity contribution in [2.75, 3.05) is 23.8 Å². The van der Waals surface area contributed by atoms with Crippen molar-refractivity contribution >= 4 is 11.6 Å². The van der Waals surface area contributed by atoms with Gasteiger partial charge in [0.2, 0.25) is 0 Å². The average Bonchev–Trinajstić information content (AvgIpc) is 3.20. The minimum Gasteiger partial charge on any atom is -0.373 e. The van der Waals surface area contributed by atoms with E-state index in [1.807, 2.05) is 7.05 Å². The van der Waals surface area contributed by atoms with E-state index in [1.54, 1.807) is 0 Å². The lowest BCUT2D eigenvalue weighted by atomic mass is 10.3. The van der Waals surface area contributed by atoms with Crippen LogP contribution in [0.5, 0.6) is 0 Å². The summed E-state index contributed by atoms with van der Waals surface area (Å²) in [4.78, 5) is 11.7. The van der Waals surface area contributed by atoms with Crippen molar-refractivity contribution in [2.24, 2.45) is 0 Å². The largest absolute Gasteiger partial charge is 0.373 e. The molecule has 0 aliphatic heterocycles. The molecule has 1 heterocycles. The predicted octanol–water partition coefficient (Wildman–Crippen LogP) is 2.38. The van der Waals surface area contributed by atoms with Crippen LogP contribution in [0.1, 0.15) is 44.3 Å². The topological polar surface area (TPSA) is 41.0 Å². The van der Waals surface area contributed by atoms with Gasteiger partial charge in [-0.05, 0) is 32.6 Å². The van der Waals surface area contributed by atoms with E-state index in [9.17, 15) is 0 Å². The molecule has 2 aliphatic rings. The molecule has 1 aromatic heterocycles. The molecule has 0 spiro atoms. The zero-order valence-corrected chi connectivity index (χ0v) is 10.6. The highest BCUT2D eigenvalue weighted by Gasteiger charge is 2.31. The van der Waals surface area contributed by atoms with Crippen molar-refractivity contribution in [2.45, 2.75) is 44.6 Å². The van der Waals surface area contributed by atoms with Gasteiger partial charge in [0.25, 0.3) is 0 Å². The normalized spacial score (nSPS) is 19.2. The second-order valence-electron chi connectivity index (χ2n) is 5.01. The Balaban J connectivity index is 1.92. The summed E-state index contributed by atoms with van der Waals surface area (Å²) in [5, 5.41) is 3.15. The first-order valence-electron chi connectivity index (χ1n) is 6.65. The number of nitrogens with zero attached hydrogens (tertiary/aromatic N) is 3. The Bertz CT molecular complexity index is 410. The van der Waals surface area contributed by atoms with E-state index in [1.165, 1.54) is 25.7 Å². The first kappa shape index (κ1) is 10.8. The van der Waals surface area contributed by atoms with E-state index < -0.39 is 0 Å². The standard InChI is InChI=1S/C13H20N4/c1-3-17(10-6-7-10)12-8-11(14-2)15-13(16-12)9-4-5-9/h8-10H,3-7H2,1-2H3,(H,14,15,16). The maximum absolute atomic E-state index is 4.75. The number of anilines is 2. The molecule has 0 amide bonds. The Morgan fingerprint density at radius 1 is 1.29 bits per heavy atom. The van der Waals surface area contributed by atoms with E-state index >= 15 is 0 Å². The van der Waals surface area contributed by atoms with Crippen LogP contribution in [0.2, 0.25) is 0 Å². The Morgan fingerprint density at radius 3 is 2.59 bits per heavy atom. The minimum atomic E-state index is 0.611. The zero-order valence-electron chi connectivity index (χ0n) is 10.6. The highest BCUT2D eigenvalue weighted by molar-refractivity contribution is 5.51. The first-order chi connectivity index (χ1) is 8.31. The van der Waals surface area contributed by atoms with E-state index in [0.29, 0.717) is 12.0 Å². The third-order valence-corrected chi connectivity index (χ3v) is 3.55. The molecule has 3 rings (SSSR count). The monoisotopic (exact) mass is 232 g/mol. The van der Waals surface area contributed by atoms with E-state index in [0.717, 1.165) is 24.0 Å². The van der Waals surface area contributed by atoms with Gasteiger partial charge in [-0.25, -0.2) is 9.97 Å². The van der Waals surface area contributed by atoms with Crippen molar-refractivity contribution in [3.05, 3.63) is 11.9 Å². The van der Waals surface area contributed by atoms with Gasteiger partial charge in [-0.2, -0.15) is 0 Å². The fourth-order valence-electron chi connectivity index (χ4n) is 2.25. The fraction of sp³-hybridized carbons (Fsp3) is 0.692. The molecule has 2 saturated carbocycles. The van der Waals surface area contributed by atoms with Crippen LogP contribution in [-0.2, 0) is 0 Å². The van der Waals surface area contributed by atoms with E-state index in [4.69, 9.17) is 4.98 Å². The van der Waals surface area contributed by atoms with Gasteiger partial charge in [0.1, 0.15) is 17.5 Å². The van der Waals surface area contributed by atoms with Crippen LogP contribution in [0, 0.1) is 0 Å². The number of rotatable bonds is 5. The van der Waals surface area contributed by atoms with Gasteiger partial charge in [0, 0.05) is 31.6 Å². The van der Waals surface area contributed by atoms with Crippen molar-refractivity contribution in [3.63, 3.8) is 0 Å². The van der Waals surface area contributed by atoms with Gasteiger partial charge < -0.3 is 10.2 Å². The summed E-state index contributed by atoms with van der Waals surface area (Å²) in [6.07, 6.45) is 5.13. The molecule has 0 aromatic carbocycles. The molecule has 2 aliphatic carbocycles. The zero-order chi connectivity index (χ0) is 11.8. The van der Waals surface area contributed by atoms with Crippen LogP contribution >= 0.6 is 0 Å². The molecule has 0 unspecified atom stereocenters. The van der Waals surface area contributed by atoms with Crippen LogP contribution in [0.3, 0.4) is 0 Å². The smallest absolute Gasteiger partial charge is 0.136 e. The SMILES string of the molecule is CCN(c1cc(NC)nc(C2CC2)n1)C1CC1. The van der Waals surface area contributed by atoms with Crippen molar-refractivity contribution in [1.29, 1.82) is 0 Å². The van der Waals surface area contributed by atoms with Crippen LogP contribution in [0.25, 0.3) is 0 Å². The Morgan fingerprint density at radius 2 is 2.06 bits per heavy atom. The lowest BCUT2D eigenvalue weighted by Gasteiger charge is -2.22. The van der Waals surface area contributed by atoms with Gasteiger partial charge in [-0.1, -0.05) is 0 Å². The van der Waals surface area contributed by atoms with Crippen LogP contribution in [-0.4, -0.2) is 29.6 Å². The molecule has 92 valence electrons. The molecular formula is C13H20N4. The fourth-order valence-corrected chi connectivity index (χ4v) is 2.25. The Kier molecular flexibility index (Phi) is 2.65. The van der Waals surface area contributed by atoms with Gasteiger partial charge in [0.15, 0.2) is 0 Å². The summed E-state index contributed by atoms with van der Waals surface area (Å²) in [5.74, 6) is 3.71. The number of aromatic nitrogens is 2. The van der Waals surface area contributed by atoms with Gasteiger partial charge in [-0.3, -0.25) is 0 Å². The molecule has 4 nitrogen and oxygen atoms in total. The third-order valence-electron chi connectivity index (χ3n) is 3.55. The van der Waals surface area contributed by atoms with Crippen LogP contribution < -0.4 is 10.2 Å². The maximum atomic E-state index is 4.75. The van der Waals surface area contributed by atoms with Crippen molar-refractivity contribution in [1.82, 2.24) is 9.97 Å². The summed E-state index contributed by atoms with van der Waals surface area (Å²) in [6, 6.07) is 2.79. The first-order valence-corrected chi connectivity index (χ1v) is 6.65. The summed E-state index contributed by atoms with van der Waals surface area (Å²) in [5.41, 5.74) is 0. The number of hydrogen-bond donors (Lipinski definition) is 1. The molecule has 17 heavy (non-hydrogen) atoms. The van der Waals surface area contributed by atoms with Crippen LogP contribution in [0.15, 0.2) is 6.07 Å². The summed E-state index contributed by atoms with van der Waals surface area (Å²) in [7, 11) is 1.93. The molecule has 1 aromatic rings. The average molecular weight is 232 g/mol. The van der Waals surface area contributed by atoms with Crippen molar-refractivity contribution in [3.8, 4) is 0 Å². The summed E-state index contributed by atoms with van der Waals surface area (Å²) >= 11 is 0. The molecule has 0 bridgehead atoms. The molecule has 0 saturated heterocycles. The maximum Gasteiger partial charge on any atom is 0.136 e. The molecule has 0 radical (unpaired) electrons. The molecular weight excluding hydrogens is 212 g/mol. The second-order valence-corrected chi connectivity index (χ2v) is 5.01. The predicted molar refractivity (Wildman–Crippen MR) is 69.6 cm³/mol. The highest BCUT2D eigenvalue weighted by Crippen LogP contribution is 2.40. The van der Waals surface area contributed by atoms with E-state index in [-0.39, 0.29) is 0 Å². The lowest BCUT2D eigenvalue weighted by Crippen LogP contribution is -2.26. The van der Waals surface area contributed by atoms with E-state index in [2.05, 4.69) is 28.2 Å². The molecule has 2 fully saturated rings. The molecule has 4 heteroatoms. The van der Waals surface area contributed by atoms with Gasteiger partial charge in [0.05, 0.1) is 0 Å². The Labute approximate surface area is 102 Å². The third kappa shape index (κ3) is 2.21. The molecule has 1 N–H and O–H groups in total. The second kappa shape index (κ2) is 4.17. The lowest BCUT2D eigenvalue weighted by molar-refractivity contribution is 0.791. The van der Waals surface area contributed by atoms with Gasteiger partial charge >= 0.3 is 0 Å².